The molecule has 0 bridgehead atoms. The molecule has 0 spiro atoms. The largest absolute Gasteiger partial charge is 0.454 e. The van der Waals surface area contributed by atoms with Crippen LogP contribution in [0.15, 0.2) is 60.7 Å². The Morgan fingerprint density at radius 3 is 2.54 bits per heavy atom. The van der Waals surface area contributed by atoms with Gasteiger partial charge in [0.05, 0.1) is 28.6 Å². The van der Waals surface area contributed by atoms with E-state index in [2.05, 4.69) is 47.6 Å². The van der Waals surface area contributed by atoms with Gasteiger partial charge in [0.25, 0.3) is 5.91 Å². The molecule has 0 saturated heterocycles. The summed E-state index contributed by atoms with van der Waals surface area (Å²) in [6.45, 7) is 7.38. The van der Waals surface area contributed by atoms with E-state index in [0.717, 1.165) is 36.4 Å². The molecule has 0 radical (unpaired) electrons. The maximum atomic E-state index is 13.2. The van der Waals surface area contributed by atoms with Gasteiger partial charge < -0.3 is 20.1 Å². The van der Waals surface area contributed by atoms with Crippen molar-refractivity contribution in [1.29, 1.82) is 5.26 Å². The second-order valence-corrected chi connectivity index (χ2v) is 8.43. The van der Waals surface area contributed by atoms with Crippen LogP contribution in [0.2, 0.25) is 0 Å². The predicted molar refractivity (Wildman–Crippen MR) is 136 cm³/mol. The Bertz CT molecular complexity index is 1350. The van der Waals surface area contributed by atoms with E-state index in [1.807, 2.05) is 36.4 Å². The number of carbonyl (C=O) groups excluding carboxylic acids is 1. The summed E-state index contributed by atoms with van der Waals surface area (Å²) in [5, 5.41) is 15.7. The number of hydrogen-bond donors (Lipinski definition) is 2. The SMILES string of the molecule is CCN(CC)Cc1ccc(NC(=C2C(=O)Nc3cc(C#N)ccc32)c2ccc3c(c2)OCO3)cc1. The first kappa shape index (κ1) is 22.5. The van der Waals surface area contributed by atoms with Gasteiger partial charge in [-0.25, -0.2) is 0 Å². The third-order valence-electron chi connectivity index (χ3n) is 6.33. The number of rotatable bonds is 7. The van der Waals surface area contributed by atoms with E-state index in [4.69, 9.17) is 9.47 Å². The Morgan fingerprint density at radius 2 is 1.80 bits per heavy atom. The number of hydrogen-bond acceptors (Lipinski definition) is 6. The summed E-state index contributed by atoms with van der Waals surface area (Å²) in [5.41, 5.74) is 5.91. The molecule has 2 N–H and O–H groups in total. The van der Waals surface area contributed by atoms with Crippen molar-refractivity contribution in [2.45, 2.75) is 20.4 Å². The van der Waals surface area contributed by atoms with Crippen molar-refractivity contribution in [1.82, 2.24) is 4.90 Å². The molecule has 0 unspecified atom stereocenters. The number of benzene rings is 3. The molecular formula is C28H26N4O3. The smallest absolute Gasteiger partial charge is 0.258 e. The van der Waals surface area contributed by atoms with Gasteiger partial charge in [0.15, 0.2) is 11.5 Å². The fraction of sp³-hybridized carbons (Fsp3) is 0.214. The van der Waals surface area contributed by atoms with Crippen LogP contribution in [0.1, 0.15) is 36.1 Å². The molecule has 7 heteroatoms. The van der Waals surface area contributed by atoms with Crippen LogP contribution in [-0.4, -0.2) is 30.7 Å². The molecule has 0 atom stereocenters. The fourth-order valence-electron chi connectivity index (χ4n) is 4.36. The monoisotopic (exact) mass is 466 g/mol. The molecule has 2 aliphatic heterocycles. The Balaban J connectivity index is 1.56. The van der Waals surface area contributed by atoms with Crippen LogP contribution in [0, 0.1) is 11.3 Å². The third-order valence-corrected chi connectivity index (χ3v) is 6.33. The number of nitriles is 1. The summed E-state index contributed by atoms with van der Waals surface area (Å²) in [4.78, 5) is 15.5. The van der Waals surface area contributed by atoms with E-state index in [-0.39, 0.29) is 12.7 Å². The van der Waals surface area contributed by atoms with Crippen LogP contribution in [0.5, 0.6) is 11.5 Å². The van der Waals surface area contributed by atoms with Crippen LogP contribution >= 0.6 is 0 Å². The molecule has 2 heterocycles. The van der Waals surface area contributed by atoms with E-state index in [1.54, 1.807) is 12.1 Å². The van der Waals surface area contributed by atoms with Gasteiger partial charge in [-0.05, 0) is 61.1 Å². The van der Waals surface area contributed by atoms with Gasteiger partial charge in [-0.3, -0.25) is 9.69 Å². The van der Waals surface area contributed by atoms with Crippen LogP contribution in [0.25, 0.3) is 11.3 Å². The first-order valence-corrected chi connectivity index (χ1v) is 11.7. The number of fused-ring (bicyclic) bond motifs is 2. The van der Waals surface area contributed by atoms with Crippen molar-refractivity contribution < 1.29 is 14.3 Å². The zero-order valence-corrected chi connectivity index (χ0v) is 19.7. The molecular weight excluding hydrogens is 440 g/mol. The molecule has 35 heavy (non-hydrogen) atoms. The summed E-state index contributed by atoms with van der Waals surface area (Å²) in [6, 6.07) is 21.2. The summed E-state index contributed by atoms with van der Waals surface area (Å²) >= 11 is 0. The number of ether oxygens (including phenoxy) is 2. The lowest BCUT2D eigenvalue weighted by Gasteiger charge is -2.19. The zero-order chi connectivity index (χ0) is 24.4. The Hall–Kier alpha value is -4.28. The molecule has 0 aromatic heterocycles. The second-order valence-electron chi connectivity index (χ2n) is 8.43. The molecule has 5 rings (SSSR count). The molecule has 0 aliphatic carbocycles. The van der Waals surface area contributed by atoms with E-state index >= 15 is 0 Å². The van der Waals surface area contributed by atoms with Gasteiger partial charge in [0, 0.05) is 23.4 Å². The molecule has 7 nitrogen and oxygen atoms in total. The third kappa shape index (κ3) is 4.44. The van der Waals surface area contributed by atoms with Crippen molar-refractivity contribution in [3.8, 4) is 17.6 Å². The summed E-state index contributed by atoms with van der Waals surface area (Å²) in [5.74, 6) is 1.08. The second kappa shape index (κ2) is 9.53. The maximum Gasteiger partial charge on any atom is 0.258 e. The maximum absolute atomic E-state index is 13.2. The number of nitrogens with one attached hydrogen (secondary N) is 2. The van der Waals surface area contributed by atoms with Crippen molar-refractivity contribution >= 4 is 28.6 Å². The number of nitrogens with zero attached hydrogens (tertiary/aromatic N) is 2. The highest BCUT2D eigenvalue weighted by Crippen LogP contribution is 2.41. The van der Waals surface area contributed by atoms with E-state index in [0.29, 0.717) is 34.0 Å². The lowest BCUT2D eigenvalue weighted by atomic mass is 9.98. The van der Waals surface area contributed by atoms with Gasteiger partial charge in [-0.1, -0.05) is 32.0 Å². The van der Waals surface area contributed by atoms with Crippen molar-refractivity contribution in [3.63, 3.8) is 0 Å². The average Bonchev–Trinajstić information content (AvgIpc) is 3.49. The predicted octanol–water partition coefficient (Wildman–Crippen LogP) is 5.06. The molecule has 0 fully saturated rings. The standard InChI is InChI=1S/C28H26N4O3/c1-3-32(4-2)16-18-5-9-21(10-6-18)30-27(20-8-12-24-25(14-20)35-17-34-24)26-22-11-7-19(15-29)13-23(22)31-28(26)33/h5-14,30H,3-4,16-17H2,1-2H3,(H,31,33). The summed E-state index contributed by atoms with van der Waals surface area (Å²) in [6.07, 6.45) is 0. The highest BCUT2D eigenvalue weighted by Gasteiger charge is 2.29. The number of amides is 1. The quantitative estimate of drug-likeness (QED) is 0.473. The molecule has 3 aromatic carbocycles. The van der Waals surface area contributed by atoms with Gasteiger partial charge >= 0.3 is 0 Å². The Morgan fingerprint density at radius 1 is 1.03 bits per heavy atom. The van der Waals surface area contributed by atoms with Gasteiger partial charge in [-0.15, -0.1) is 0 Å². The molecule has 0 saturated carbocycles. The van der Waals surface area contributed by atoms with E-state index < -0.39 is 0 Å². The van der Waals surface area contributed by atoms with Crippen molar-refractivity contribution in [3.05, 3.63) is 82.9 Å². The Kier molecular flexibility index (Phi) is 6.13. The first-order valence-electron chi connectivity index (χ1n) is 11.7. The molecule has 176 valence electrons. The fourth-order valence-corrected chi connectivity index (χ4v) is 4.36. The van der Waals surface area contributed by atoms with Gasteiger partial charge in [-0.2, -0.15) is 5.26 Å². The minimum Gasteiger partial charge on any atom is -0.454 e. The van der Waals surface area contributed by atoms with Crippen LogP contribution in [0.3, 0.4) is 0 Å². The highest BCUT2D eigenvalue weighted by atomic mass is 16.7. The lowest BCUT2D eigenvalue weighted by molar-refractivity contribution is -0.110. The molecule has 2 aliphatic rings. The highest BCUT2D eigenvalue weighted by molar-refractivity contribution is 6.37. The summed E-state index contributed by atoms with van der Waals surface area (Å²) < 4.78 is 11.1. The minimum absolute atomic E-state index is 0.173. The minimum atomic E-state index is -0.228. The van der Waals surface area contributed by atoms with Crippen LogP contribution < -0.4 is 20.1 Å². The van der Waals surface area contributed by atoms with Gasteiger partial charge in [0.1, 0.15) is 0 Å². The van der Waals surface area contributed by atoms with Crippen molar-refractivity contribution in [2.24, 2.45) is 0 Å². The van der Waals surface area contributed by atoms with E-state index in [1.165, 1.54) is 5.56 Å². The molecule has 1 amide bonds. The number of anilines is 2. The average molecular weight is 467 g/mol. The first-order chi connectivity index (χ1) is 17.1. The lowest BCUT2D eigenvalue weighted by Crippen LogP contribution is -2.22. The summed E-state index contributed by atoms with van der Waals surface area (Å²) in [7, 11) is 0. The van der Waals surface area contributed by atoms with Crippen LogP contribution in [-0.2, 0) is 11.3 Å². The Labute approximate surface area is 204 Å². The normalized spacial score (nSPS) is 15.0. The van der Waals surface area contributed by atoms with Gasteiger partial charge in [0.2, 0.25) is 6.79 Å². The number of carbonyl (C=O) groups is 1. The van der Waals surface area contributed by atoms with Crippen LogP contribution in [0.4, 0.5) is 11.4 Å². The van der Waals surface area contributed by atoms with Crippen molar-refractivity contribution in [2.75, 3.05) is 30.5 Å². The molecule has 3 aromatic rings. The zero-order valence-electron chi connectivity index (χ0n) is 19.7. The van der Waals surface area contributed by atoms with E-state index in [9.17, 15) is 10.1 Å². The topological polar surface area (TPSA) is 86.6 Å².